The molecule has 0 fully saturated rings. The molecule has 1 aliphatic carbocycles. The maximum atomic E-state index is 8.61. The SMILES string of the molecule is N#CNC1=NC2(CCc3cc(Br)ccc3C2)CN1. The highest BCUT2D eigenvalue weighted by molar-refractivity contribution is 9.10. The quantitative estimate of drug-likeness (QED) is 0.566. The van der Waals surface area contributed by atoms with Crippen LogP contribution in [0.2, 0.25) is 0 Å². The topological polar surface area (TPSA) is 60.2 Å². The lowest BCUT2D eigenvalue weighted by Gasteiger charge is -2.31. The van der Waals surface area contributed by atoms with E-state index in [-0.39, 0.29) is 5.54 Å². The molecule has 1 unspecified atom stereocenters. The Bertz CT molecular complexity index is 561. The van der Waals surface area contributed by atoms with Crippen molar-refractivity contribution in [2.24, 2.45) is 4.99 Å². The molecule has 2 N–H and O–H groups in total. The first-order chi connectivity index (χ1) is 8.71. The summed E-state index contributed by atoms with van der Waals surface area (Å²) in [7, 11) is 0. The second-order valence-corrected chi connectivity index (χ2v) is 5.78. The van der Waals surface area contributed by atoms with Crippen molar-refractivity contribution in [2.45, 2.75) is 24.8 Å². The van der Waals surface area contributed by atoms with Gasteiger partial charge in [-0.3, -0.25) is 5.32 Å². The van der Waals surface area contributed by atoms with Gasteiger partial charge in [0.15, 0.2) is 6.19 Å². The minimum atomic E-state index is -0.0694. The van der Waals surface area contributed by atoms with Crippen molar-refractivity contribution in [1.29, 1.82) is 5.26 Å². The summed E-state index contributed by atoms with van der Waals surface area (Å²) < 4.78 is 1.14. The zero-order valence-corrected chi connectivity index (χ0v) is 11.4. The highest BCUT2D eigenvalue weighted by Gasteiger charge is 2.38. The monoisotopic (exact) mass is 304 g/mol. The van der Waals surface area contributed by atoms with Gasteiger partial charge in [0, 0.05) is 11.0 Å². The number of nitriles is 1. The lowest BCUT2D eigenvalue weighted by atomic mass is 9.79. The van der Waals surface area contributed by atoms with Crippen molar-refractivity contribution in [1.82, 2.24) is 10.6 Å². The van der Waals surface area contributed by atoms with Crippen molar-refractivity contribution >= 4 is 21.9 Å². The Morgan fingerprint density at radius 3 is 3.17 bits per heavy atom. The fourth-order valence-electron chi connectivity index (χ4n) is 2.75. The van der Waals surface area contributed by atoms with E-state index >= 15 is 0 Å². The van der Waals surface area contributed by atoms with Crippen LogP contribution in [0.1, 0.15) is 17.5 Å². The molecule has 2 aliphatic rings. The largest absolute Gasteiger partial charge is 0.353 e. The molecule has 0 saturated carbocycles. The molecule has 92 valence electrons. The van der Waals surface area contributed by atoms with Crippen molar-refractivity contribution in [3.05, 3.63) is 33.8 Å². The van der Waals surface area contributed by atoms with Crippen LogP contribution in [-0.4, -0.2) is 18.0 Å². The minimum Gasteiger partial charge on any atom is -0.353 e. The van der Waals surface area contributed by atoms with E-state index in [0.717, 1.165) is 30.3 Å². The molecule has 4 nitrogen and oxygen atoms in total. The Kier molecular flexibility index (Phi) is 2.75. The number of nitrogens with zero attached hydrogens (tertiary/aromatic N) is 2. The Labute approximate surface area is 114 Å². The van der Waals surface area contributed by atoms with Crippen LogP contribution < -0.4 is 10.6 Å². The third kappa shape index (κ3) is 1.97. The number of aryl methyl sites for hydroxylation is 1. The third-order valence-corrected chi connectivity index (χ3v) is 4.15. The molecule has 0 radical (unpaired) electrons. The van der Waals surface area contributed by atoms with E-state index in [1.807, 2.05) is 6.19 Å². The first kappa shape index (κ1) is 11.5. The number of nitrogens with one attached hydrogen (secondary N) is 2. The molecule has 1 aliphatic heterocycles. The maximum Gasteiger partial charge on any atom is 0.205 e. The summed E-state index contributed by atoms with van der Waals surface area (Å²) in [5.74, 6) is 0.609. The van der Waals surface area contributed by atoms with Crippen molar-refractivity contribution in [3.63, 3.8) is 0 Å². The fraction of sp³-hybridized carbons (Fsp3) is 0.385. The van der Waals surface area contributed by atoms with Crippen LogP contribution >= 0.6 is 15.9 Å². The highest BCUT2D eigenvalue weighted by Crippen LogP contribution is 2.34. The molecule has 1 aromatic carbocycles. The van der Waals surface area contributed by atoms with Crippen LogP contribution in [0.25, 0.3) is 0 Å². The second-order valence-electron chi connectivity index (χ2n) is 4.86. The van der Waals surface area contributed by atoms with E-state index in [2.05, 4.69) is 49.8 Å². The molecule has 0 saturated heterocycles. The summed E-state index contributed by atoms with van der Waals surface area (Å²) in [6.07, 6.45) is 4.92. The van der Waals surface area contributed by atoms with Crippen LogP contribution in [0.3, 0.4) is 0 Å². The van der Waals surface area contributed by atoms with Gasteiger partial charge in [-0.25, -0.2) is 4.99 Å². The van der Waals surface area contributed by atoms with Crippen LogP contribution in [-0.2, 0) is 12.8 Å². The molecule has 1 aromatic rings. The maximum absolute atomic E-state index is 8.61. The molecule has 0 bridgehead atoms. The number of guanidine groups is 1. The van der Waals surface area contributed by atoms with Gasteiger partial charge in [0.05, 0.1) is 5.54 Å². The van der Waals surface area contributed by atoms with Crippen molar-refractivity contribution in [2.75, 3.05) is 6.54 Å². The van der Waals surface area contributed by atoms with Crippen LogP contribution in [0.4, 0.5) is 0 Å². The zero-order chi connectivity index (χ0) is 12.6. The molecular weight excluding hydrogens is 292 g/mol. The number of aliphatic imine (C=N–C) groups is 1. The molecule has 0 aromatic heterocycles. The Morgan fingerprint density at radius 1 is 1.44 bits per heavy atom. The molecule has 18 heavy (non-hydrogen) atoms. The smallest absolute Gasteiger partial charge is 0.205 e. The van der Waals surface area contributed by atoms with Crippen LogP contribution in [0.5, 0.6) is 0 Å². The molecule has 3 rings (SSSR count). The minimum absolute atomic E-state index is 0.0694. The zero-order valence-electron chi connectivity index (χ0n) is 9.83. The van der Waals surface area contributed by atoms with Gasteiger partial charge < -0.3 is 5.32 Å². The Balaban J connectivity index is 1.87. The van der Waals surface area contributed by atoms with E-state index in [9.17, 15) is 0 Å². The highest BCUT2D eigenvalue weighted by atomic mass is 79.9. The summed E-state index contributed by atoms with van der Waals surface area (Å²) in [6, 6.07) is 6.45. The number of benzene rings is 1. The summed E-state index contributed by atoms with van der Waals surface area (Å²) in [6.45, 7) is 0.812. The van der Waals surface area contributed by atoms with Gasteiger partial charge in [-0.2, -0.15) is 5.26 Å². The number of rotatable bonds is 0. The van der Waals surface area contributed by atoms with Gasteiger partial charge in [0.2, 0.25) is 5.96 Å². The van der Waals surface area contributed by atoms with Crippen molar-refractivity contribution < 1.29 is 0 Å². The average molecular weight is 305 g/mol. The first-order valence-electron chi connectivity index (χ1n) is 5.97. The van der Waals surface area contributed by atoms with Crippen molar-refractivity contribution in [3.8, 4) is 6.19 Å². The average Bonchev–Trinajstić information content (AvgIpc) is 2.74. The van der Waals surface area contributed by atoms with Gasteiger partial charge in [0.25, 0.3) is 0 Å². The predicted octanol–water partition coefficient (Wildman–Crippen LogP) is 1.71. The van der Waals surface area contributed by atoms with Gasteiger partial charge in [-0.05, 0) is 42.5 Å². The van der Waals surface area contributed by atoms with Crippen LogP contribution in [0, 0.1) is 11.5 Å². The molecule has 5 heteroatoms. The van der Waals surface area contributed by atoms with E-state index < -0.39 is 0 Å². The van der Waals surface area contributed by atoms with Gasteiger partial charge in [0.1, 0.15) is 0 Å². The fourth-order valence-corrected chi connectivity index (χ4v) is 3.15. The van der Waals surface area contributed by atoms with E-state index in [1.165, 1.54) is 11.1 Å². The van der Waals surface area contributed by atoms with E-state index in [1.54, 1.807) is 0 Å². The number of halogens is 1. The summed E-state index contributed by atoms with van der Waals surface area (Å²) in [5.41, 5.74) is 2.71. The summed E-state index contributed by atoms with van der Waals surface area (Å²) in [5, 5.41) is 14.4. The normalized spacial score (nSPS) is 25.0. The third-order valence-electron chi connectivity index (χ3n) is 3.66. The van der Waals surface area contributed by atoms with E-state index in [4.69, 9.17) is 5.26 Å². The summed E-state index contributed by atoms with van der Waals surface area (Å²) in [4.78, 5) is 4.65. The molecule has 0 amide bonds. The molecular formula is C13H13BrN4. The number of hydrogen-bond acceptors (Lipinski definition) is 4. The van der Waals surface area contributed by atoms with Gasteiger partial charge >= 0.3 is 0 Å². The molecule has 1 spiro atoms. The standard InChI is InChI=1S/C13H13BrN4/c14-11-2-1-10-6-13(4-3-9(10)5-11)7-16-12(18-13)17-8-15/h1-2,5H,3-4,6-7H2,(H2,16,17,18). The number of fused-ring (bicyclic) bond motifs is 1. The lowest BCUT2D eigenvalue weighted by Crippen LogP contribution is -2.39. The van der Waals surface area contributed by atoms with Crippen LogP contribution in [0.15, 0.2) is 27.7 Å². The first-order valence-corrected chi connectivity index (χ1v) is 6.76. The Hall–Kier alpha value is -1.54. The Morgan fingerprint density at radius 2 is 2.33 bits per heavy atom. The summed E-state index contributed by atoms with van der Waals surface area (Å²) >= 11 is 3.51. The van der Waals surface area contributed by atoms with Gasteiger partial charge in [-0.1, -0.05) is 22.0 Å². The number of hydrogen-bond donors (Lipinski definition) is 2. The predicted molar refractivity (Wildman–Crippen MR) is 73.1 cm³/mol. The second kappa shape index (κ2) is 4.29. The lowest BCUT2D eigenvalue weighted by molar-refractivity contribution is 0.394. The molecule has 1 heterocycles. The molecule has 1 atom stereocenters. The van der Waals surface area contributed by atoms with E-state index in [0.29, 0.717) is 5.96 Å². The van der Waals surface area contributed by atoms with Gasteiger partial charge in [-0.15, -0.1) is 0 Å².